The van der Waals surface area contributed by atoms with Gasteiger partial charge in [-0.2, -0.15) is 0 Å². The van der Waals surface area contributed by atoms with Crippen LogP contribution in [0.5, 0.6) is 0 Å². The lowest BCUT2D eigenvalue weighted by Crippen LogP contribution is -2.12. The van der Waals surface area contributed by atoms with Gasteiger partial charge >= 0.3 is 0 Å². The molecule has 1 amide bonds. The van der Waals surface area contributed by atoms with Gasteiger partial charge < -0.3 is 5.32 Å². The molecule has 2 aromatic rings. The maximum Gasteiger partial charge on any atom is 0.256 e. The first-order valence-corrected chi connectivity index (χ1v) is 6.71. The third kappa shape index (κ3) is 3.40. The van der Waals surface area contributed by atoms with E-state index in [0.29, 0.717) is 11.3 Å². The molecule has 2 rings (SSSR count). The molecule has 4 heteroatoms. The molecule has 94 valence electrons. The zero-order chi connectivity index (χ0) is 13.8. The van der Waals surface area contributed by atoms with E-state index in [1.54, 1.807) is 36.4 Å². The first-order valence-electron chi connectivity index (χ1n) is 5.46. The van der Waals surface area contributed by atoms with Gasteiger partial charge in [-0.25, -0.2) is 0 Å². The first kappa shape index (κ1) is 13.7. The van der Waals surface area contributed by atoms with Gasteiger partial charge in [-0.15, -0.1) is 19.1 Å². The van der Waals surface area contributed by atoms with Crippen LogP contribution in [-0.4, -0.2) is 5.91 Å². The molecule has 0 spiro atoms. The van der Waals surface area contributed by atoms with E-state index in [-0.39, 0.29) is 5.91 Å². The van der Waals surface area contributed by atoms with Crippen LogP contribution in [0.2, 0.25) is 0 Å². The molecule has 0 radical (unpaired) electrons. The highest BCUT2D eigenvalue weighted by molar-refractivity contribution is 9.10. The fourth-order valence-corrected chi connectivity index (χ4v) is 2.20. The number of carbonyl (C=O) groups is 1. The van der Waals surface area contributed by atoms with Gasteiger partial charge in [0.1, 0.15) is 0 Å². The number of hydrogen-bond acceptors (Lipinski definition) is 2. The van der Waals surface area contributed by atoms with Gasteiger partial charge in [0.05, 0.1) is 5.56 Å². The highest BCUT2D eigenvalue weighted by Crippen LogP contribution is 2.21. The molecule has 0 bridgehead atoms. The minimum atomic E-state index is -0.211. The lowest BCUT2D eigenvalue weighted by Gasteiger charge is -2.08. The molecule has 0 heterocycles. The lowest BCUT2D eigenvalue weighted by atomic mass is 10.2. The monoisotopic (exact) mass is 331 g/mol. The molecule has 0 aliphatic carbocycles. The van der Waals surface area contributed by atoms with Gasteiger partial charge in [0.25, 0.3) is 5.91 Å². The number of benzene rings is 2. The number of carbonyl (C=O) groups excluding carboxylic acids is 1. The Labute approximate surface area is 125 Å². The van der Waals surface area contributed by atoms with Gasteiger partial charge in [0, 0.05) is 20.6 Å². The number of rotatable bonds is 2. The molecule has 0 unspecified atom stereocenters. The summed E-state index contributed by atoms with van der Waals surface area (Å²) >= 11 is 7.57. The van der Waals surface area contributed by atoms with Crippen molar-refractivity contribution in [2.75, 3.05) is 5.32 Å². The summed E-state index contributed by atoms with van der Waals surface area (Å²) in [5.74, 6) is 2.32. The van der Waals surface area contributed by atoms with Crippen LogP contribution in [0.1, 0.15) is 15.9 Å². The second-order valence-corrected chi connectivity index (χ2v) is 5.21. The Bertz CT molecular complexity index is 676. The summed E-state index contributed by atoms with van der Waals surface area (Å²) in [5.41, 5.74) is 1.91. The largest absolute Gasteiger partial charge is 0.322 e. The van der Waals surface area contributed by atoms with Crippen LogP contribution in [0.15, 0.2) is 51.8 Å². The van der Waals surface area contributed by atoms with Crippen molar-refractivity contribution in [2.45, 2.75) is 4.90 Å². The predicted octanol–water partition coefficient (Wildman–Crippen LogP) is 3.97. The smallest absolute Gasteiger partial charge is 0.256 e. The summed E-state index contributed by atoms with van der Waals surface area (Å²) in [5, 5.41) is 2.80. The van der Waals surface area contributed by atoms with E-state index in [1.807, 2.05) is 6.07 Å². The van der Waals surface area contributed by atoms with Crippen LogP contribution in [0.25, 0.3) is 0 Å². The van der Waals surface area contributed by atoms with Crippen molar-refractivity contribution in [3.63, 3.8) is 0 Å². The molecule has 0 aromatic heterocycles. The van der Waals surface area contributed by atoms with Gasteiger partial charge in [0.15, 0.2) is 0 Å². The third-order valence-electron chi connectivity index (χ3n) is 2.48. The van der Waals surface area contributed by atoms with Crippen LogP contribution >= 0.6 is 28.6 Å². The fourth-order valence-electron chi connectivity index (χ4n) is 1.57. The maximum atomic E-state index is 12.2. The number of hydrogen-bond donors (Lipinski definition) is 2. The lowest BCUT2D eigenvalue weighted by molar-refractivity contribution is 0.102. The van der Waals surface area contributed by atoms with Crippen molar-refractivity contribution < 1.29 is 4.79 Å². The Morgan fingerprint density at radius 2 is 2.05 bits per heavy atom. The van der Waals surface area contributed by atoms with Crippen LogP contribution in [-0.2, 0) is 0 Å². The quantitative estimate of drug-likeness (QED) is 0.632. The summed E-state index contributed by atoms with van der Waals surface area (Å²) in [4.78, 5) is 12.9. The van der Waals surface area contributed by atoms with Crippen molar-refractivity contribution in [3.8, 4) is 12.3 Å². The maximum absolute atomic E-state index is 12.2. The molecule has 0 aliphatic heterocycles. The summed E-state index contributed by atoms with van der Waals surface area (Å²) in [6.45, 7) is 0. The molecule has 0 fully saturated rings. The molecule has 2 aromatic carbocycles. The number of terminal acetylenes is 1. The van der Waals surface area contributed by atoms with Crippen molar-refractivity contribution in [1.82, 2.24) is 0 Å². The standard InChI is InChI=1S/C15H10BrNOS/c1-2-10-4-3-5-11(8-10)17-15(18)13-9-12(19)6-7-14(13)16/h1,3-9,19H,(H,17,18). The van der Waals surface area contributed by atoms with Crippen molar-refractivity contribution in [1.29, 1.82) is 0 Å². The minimum Gasteiger partial charge on any atom is -0.322 e. The highest BCUT2D eigenvalue weighted by Gasteiger charge is 2.10. The second kappa shape index (κ2) is 5.96. The number of thiol groups is 1. The van der Waals surface area contributed by atoms with Crippen LogP contribution in [0, 0.1) is 12.3 Å². The Morgan fingerprint density at radius 3 is 2.79 bits per heavy atom. The molecular formula is C15H10BrNOS. The number of anilines is 1. The summed E-state index contributed by atoms with van der Waals surface area (Å²) < 4.78 is 0.718. The normalized spacial score (nSPS) is 9.74. The SMILES string of the molecule is C#Cc1cccc(NC(=O)c2cc(S)ccc2Br)c1. The highest BCUT2D eigenvalue weighted by atomic mass is 79.9. The zero-order valence-electron chi connectivity index (χ0n) is 9.85. The first-order chi connectivity index (χ1) is 9.10. The average molecular weight is 332 g/mol. The summed E-state index contributed by atoms with van der Waals surface area (Å²) in [7, 11) is 0. The average Bonchev–Trinajstić information content (AvgIpc) is 2.41. The van der Waals surface area contributed by atoms with Crippen LogP contribution in [0.3, 0.4) is 0 Å². The Hall–Kier alpha value is -1.70. The van der Waals surface area contributed by atoms with Gasteiger partial charge in [-0.3, -0.25) is 4.79 Å². The van der Waals surface area contributed by atoms with Crippen LogP contribution < -0.4 is 5.32 Å². The van der Waals surface area contributed by atoms with Crippen LogP contribution in [0.4, 0.5) is 5.69 Å². The van der Waals surface area contributed by atoms with E-state index in [2.05, 4.69) is 39.8 Å². The number of halogens is 1. The topological polar surface area (TPSA) is 29.1 Å². The summed E-state index contributed by atoms with van der Waals surface area (Å²) in [6, 6.07) is 12.4. The van der Waals surface area contributed by atoms with Gasteiger partial charge in [-0.1, -0.05) is 12.0 Å². The second-order valence-electron chi connectivity index (χ2n) is 3.84. The molecule has 2 nitrogen and oxygen atoms in total. The molecule has 1 N–H and O–H groups in total. The molecule has 0 saturated heterocycles. The van der Waals surface area contributed by atoms with Crippen molar-refractivity contribution in [3.05, 3.63) is 58.1 Å². The molecule has 0 atom stereocenters. The minimum absolute atomic E-state index is 0.211. The van der Waals surface area contributed by atoms with E-state index in [4.69, 9.17) is 6.42 Å². The van der Waals surface area contributed by atoms with E-state index in [9.17, 15) is 4.79 Å². The van der Waals surface area contributed by atoms with E-state index >= 15 is 0 Å². The van der Waals surface area contributed by atoms with Crippen molar-refractivity contribution in [2.24, 2.45) is 0 Å². The number of amides is 1. The van der Waals surface area contributed by atoms with Crippen molar-refractivity contribution >= 4 is 40.2 Å². The van der Waals surface area contributed by atoms with E-state index < -0.39 is 0 Å². The molecule has 0 aliphatic rings. The van der Waals surface area contributed by atoms with E-state index in [1.165, 1.54) is 0 Å². The Morgan fingerprint density at radius 1 is 1.26 bits per heavy atom. The molecule has 0 saturated carbocycles. The number of nitrogens with one attached hydrogen (secondary N) is 1. The summed E-state index contributed by atoms with van der Waals surface area (Å²) in [6.07, 6.45) is 5.32. The predicted molar refractivity (Wildman–Crippen MR) is 83.7 cm³/mol. The molecule has 19 heavy (non-hydrogen) atoms. The van der Waals surface area contributed by atoms with E-state index in [0.717, 1.165) is 14.9 Å². The fraction of sp³-hybridized carbons (Fsp3) is 0. The Kier molecular flexibility index (Phi) is 4.31. The third-order valence-corrected chi connectivity index (χ3v) is 3.45. The van der Waals surface area contributed by atoms with Gasteiger partial charge in [0.2, 0.25) is 0 Å². The zero-order valence-corrected chi connectivity index (χ0v) is 12.3. The van der Waals surface area contributed by atoms with Gasteiger partial charge in [-0.05, 0) is 52.3 Å². The molecular weight excluding hydrogens is 322 g/mol. The Balaban J connectivity index is 2.26.